The molecule has 0 radical (unpaired) electrons. The monoisotopic (exact) mass is 362 g/mol. The lowest BCUT2D eigenvalue weighted by Crippen LogP contribution is -2.23. The van der Waals surface area contributed by atoms with Crippen molar-refractivity contribution in [1.82, 2.24) is 0 Å². The van der Waals surface area contributed by atoms with E-state index in [4.69, 9.17) is 0 Å². The van der Waals surface area contributed by atoms with Gasteiger partial charge in [-0.25, -0.2) is 0 Å². The van der Waals surface area contributed by atoms with E-state index >= 15 is 0 Å². The van der Waals surface area contributed by atoms with Gasteiger partial charge in [-0.05, 0) is 72.1 Å². The van der Waals surface area contributed by atoms with Crippen LogP contribution in [0.2, 0.25) is 0 Å². The minimum Gasteiger partial charge on any atom is -0.0654 e. The molecule has 0 atom stereocenters. The van der Waals surface area contributed by atoms with Crippen LogP contribution in [-0.2, 0) is 6.42 Å². The van der Waals surface area contributed by atoms with Gasteiger partial charge >= 0.3 is 0 Å². The van der Waals surface area contributed by atoms with Gasteiger partial charge < -0.3 is 0 Å². The average Bonchev–Trinajstić information content (AvgIpc) is 2.70. The van der Waals surface area contributed by atoms with Crippen LogP contribution in [0.3, 0.4) is 0 Å². The average molecular weight is 363 g/mol. The molecule has 27 heavy (non-hydrogen) atoms. The summed E-state index contributed by atoms with van der Waals surface area (Å²) in [5.41, 5.74) is 6.29. The van der Waals surface area contributed by atoms with Crippen molar-refractivity contribution < 1.29 is 0 Å². The van der Waals surface area contributed by atoms with E-state index in [1.54, 1.807) is 5.56 Å². The zero-order valence-corrected chi connectivity index (χ0v) is 17.8. The molecule has 1 aliphatic carbocycles. The van der Waals surface area contributed by atoms with E-state index in [0.717, 1.165) is 5.92 Å². The first-order chi connectivity index (χ1) is 13.1. The highest BCUT2D eigenvalue weighted by atomic mass is 14.4. The number of hydrogen-bond donors (Lipinski definition) is 0. The van der Waals surface area contributed by atoms with Crippen LogP contribution in [0.25, 0.3) is 11.1 Å². The molecule has 0 heteroatoms. The maximum atomic E-state index is 2.53. The maximum absolute atomic E-state index is 2.53. The summed E-state index contributed by atoms with van der Waals surface area (Å²) >= 11 is 0. The van der Waals surface area contributed by atoms with Crippen molar-refractivity contribution in [3.63, 3.8) is 0 Å². The van der Waals surface area contributed by atoms with Crippen LogP contribution in [0.4, 0.5) is 0 Å². The molecule has 0 aromatic heterocycles. The highest BCUT2D eigenvalue weighted by Gasteiger charge is 2.31. The number of rotatable bonds is 8. The molecule has 1 saturated carbocycles. The normalized spacial score (nSPS) is 22.7. The van der Waals surface area contributed by atoms with Gasteiger partial charge in [0.05, 0.1) is 0 Å². The van der Waals surface area contributed by atoms with Crippen molar-refractivity contribution in [3.8, 4) is 11.1 Å². The van der Waals surface area contributed by atoms with Gasteiger partial charge in [-0.3, -0.25) is 0 Å². The topological polar surface area (TPSA) is 0 Å². The Bertz CT molecular complexity index is 669. The van der Waals surface area contributed by atoms with Gasteiger partial charge in [0.2, 0.25) is 0 Å². The summed E-state index contributed by atoms with van der Waals surface area (Å²) in [6, 6.07) is 18.6. The third-order valence-corrected chi connectivity index (χ3v) is 6.78. The van der Waals surface area contributed by atoms with Gasteiger partial charge in [0.15, 0.2) is 0 Å². The SMILES string of the molecule is CCCCCC1(C)CCC(c2ccc(-c3ccc(CCC)cc3)cc2)CC1. The molecule has 0 heterocycles. The standard InChI is InChI=1S/C27H38/c1-4-6-7-19-27(3)20-17-26(18-21-27)25-15-13-24(14-16-25)23-11-9-22(8-5-2)10-12-23/h9-16,26H,4-8,17-21H2,1-3H3. The summed E-state index contributed by atoms with van der Waals surface area (Å²) in [7, 11) is 0. The first-order valence-electron chi connectivity index (χ1n) is 11.3. The summed E-state index contributed by atoms with van der Waals surface area (Å²) in [5.74, 6) is 0.769. The van der Waals surface area contributed by atoms with Crippen molar-refractivity contribution in [1.29, 1.82) is 0 Å². The Morgan fingerprint density at radius 3 is 1.93 bits per heavy atom. The zero-order valence-electron chi connectivity index (χ0n) is 17.8. The van der Waals surface area contributed by atoms with Gasteiger partial charge in [-0.1, -0.05) is 95.0 Å². The predicted molar refractivity (Wildman–Crippen MR) is 119 cm³/mol. The van der Waals surface area contributed by atoms with Gasteiger partial charge in [-0.2, -0.15) is 0 Å². The number of hydrogen-bond acceptors (Lipinski definition) is 0. The fraction of sp³-hybridized carbons (Fsp3) is 0.556. The lowest BCUT2D eigenvalue weighted by atomic mass is 9.68. The number of benzene rings is 2. The molecular formula is C27H38. The Balaban J connectivity index is 1.58. The van der Waals surface area contributed by atoms with E-state index in [0.29, 0.717) is 5.41 Å². The summed E-state index contributed by atoms with van der Waals surface area (Å²) in [5, 5.41) is 0. The molecule has 1 fully saturated rings. The van der Waals surface area contributed by atoms with Crippen molar-refractivity contribution >= 4 is 0 Å². The van der Waals surface area contributed by atoms with Crippen LogP contribution in [0, 0.1) is 5.41 Å². The minimum absolute atomic E-state index is 0.603. The lowest BCUT2D eigenvalue weighted by Gasteiger charge is -2.38. The molecule has 0 N–H and O–H groups in total. The molecule has 2 aromatic carbocycles. The largest absolute Gasteiger partial charge is 0.0654 e. The van der Waals surface area contributed by atoms with Gasteiger partial charge in [-0.15, -0.1) is 0 Å². The molecule has 0 unspecified atom stereocenters. The fourth-order valence-corrected chi connectivity index (χ4v) is 4.80. The summed E-state index contributed by atoms with van der Waals surface area (Å²) in [4.78, 5) is 0. The van der Waals surface area contributed by atoms with E-state index in [-0.39, 0.29) is 0 Å². The quantitative estimate of drug-likeness (QED) is 0.413. The molecule has 0 aliphatic heterocycles. The lowest BCUT2D eigenvalue weighted by molar-refractivity contribution is 0.178. The van der Waals surface area contributed by atoms with Crippen LogP contribution in [0.1, 0.15) is 95.6 Å². The van der Waals surface area contributed by atoms with E-state index in [9.17, 15) is 0 Å². The molecule has 1 aliphatic rings. The van der Waals surface area contributed by atoms with Gasteiger partial charge in [0.25, 0.3) is 0 Å². The molecule has 0 nitrogen and oxygen atoms in total. The highest BCUT2D eigenvalue weighted by molar-refractivity contribution is 5.64. The number of unbranched alkanes of at least 4 members (excludes halogenated alkanes) is 2. The Morgan fingerprint density at radius 2 is 1.37 bits per heavy atom. The molecule has 0 saturated heterocycles. The summed E-state index contributed by atoms with van der Waals surface area (Å²) in [6.45, 7) is 7.08. The van der Waals surface area contributed by atoms with Crippen molar-refractivity contribution in [3.05, 3.63) is 59.7 Å². The van der Waals surface area contributed by atoms with Gasteiger partial charge in [0.1, 0.15) is 0 Å². The van der Waals surface area contributed by atoms with Crippen LogP contribution in [-0.4, -0.2) is 0 Å². The molecule has 0 bridgehead atoms. The van der Waals surface area contributed by atoms with Crippen LogP contribution in [0.5, 0.6) is 0 Å². The Kier molecular flexibility index (Phi) is 7.16. The summed E-state index contributed by atoms with van der Waals surface area (Å²) in [6.07, 6.45) is 13.5. The molecule has 0 amide bonds. The van der Waals surface area contributed by atoms with Crippen LogP contribution in [0.15, 0.2) is 48.5 Å². The molecular weight excluding hydrogens is 324 g/mol. The second-order valence-electron chi connectivity index (χ2n) is 9.11. The third kappa shape index (κ3) is 5.47. The number of aryl methyl sites for hydroxylation is 1. The van der Waals surface area contributed by atoms with E-state index in [2.05, 4.69) is 69.3 Å². The summed E-state index contributed by atoms with van der Waals surface area (Å²) < 4.78 is 0. The molecule has 3 rings (SSSR count). The second-order valence-corrected chi connectivity index (χ2v) is 9.11. The van der Waals surface area contributed by atoms with E-state index < -0.39 is 0 Å². The first-order valence-corrected chi connectivity index (χ1v) is 11.3. The zero-order chi connectivity index (χ0) is 19.1. The Labute approximate surface area is 167 Å². The molecule has 2 aromatic rings. The van der Waals surface area contributed by atoms with Crippen molar-refractivity contribution in [2.75, 3.05) is 0 Å². The second kappa shape index (κ2) is 9.58. The third-order valence-electron chi connectivity index (χ3n) is 6.78. The Hall–Kier alpha value is -1.56. The van der Waals surface area contributed by atoms with Crippen LogP contribution >= 0.6 is 0 Å². The highest BCUT2D eigenvalue weighted by Crippen LogP contribution is 2.45. The smallest absolute Gasteiger partial charge is 0.0162 e. The Morgan fingerprint density at radius 1 is 0.778 bits per heavy atom. The van der Waals surface area contributed by atoms with Gasteiger partial charge in [0, 0.05) is 0 Å². The maximum Gasteiger partial charge on any atom is -0.0162 e. The van der Waals surface area contributed by atoms with E-state index in [1.807, 2.05) is 0 Å². The van der Waals surface area contributed by atoms with Crippen molar-refractivity contribution in [2.24, 2.45) is 5.41 Å². The minimum atomic E-state index is 0.603. The first kappa shape index (κ1) is 20.2. The fourth-order valence-electron chi connectivity index (χ4n) is 4.80. The van der Waals surface area contributed by atoms with Crippen LogP contribution < -0.4 is 0 Å². The molecule has 0 spiro atoms. The van der Waals surface area contributed by atoms with Crippen molar-refractivity contribution in [2.45, 2.75) is 90.9 Å². The molecule has 146 valence electrons. The predicted octanol–water partition coefficient (Wildman–Crippen LogP) is 8.55. The van der Waals surface area contributed by atoms with E-state index in [1.165, 1.54) is 80.9 Å².